The van der Waals surface area contributed by atoms with E-state index in [9.17, 15) is 9.59 Å². The van der Waals surface area contributed by atoms with Crippen LogP contribution in [0.3, 0.4) is 0 Å². The van der Waals surface area contributed by atoms with Crippen molar-refractivity contribution < 1.29 is 23.7 Å². The van der Waals surface area contributed by atoms with E-state index in [0.29, 0.717) is 44.3 Å². The molecule has 48 heavy (non-hydrogen) atoms. The van der Waals surface area contributed by atoms with Gasteiger partial charge in [-0.3, -0.25) is 9.36 Å². The predicted octanol–water partition coefficient (Wildman–Crippen LogP) is 6.93. The van der Waals surface area contributed by atoms with Crippen LogP contribution in [0.15, 0.2) is 99.9 Å². The molecule has 1 aromatic heterocycles. The number of ether oxygens (including phenoxy) is 4. The summed E-state index contributed by atoms with van der Waals surface area (Å²) in [6.07, 6.45) is 1.79. The van der Waals surface area contributed by atoms with Crippen molar-refractivity contribution in [3.8, 4) is 17.2 Å². The number of esters is 1. The van der Waals surface area contributed by atoms with Gasteiger partial charge >= 0.3 is 5.97 Å². The Bertz CT molecular complexity index is 2230. The first-order valence-electron chi connectivity index (χ1n) is 15.6. The number of hydrogen-bond donors (Lipinski definition) is 0. The lowest BCUT2D eigenvalue weighted by molar-refractivity contribution is -0.139. The maximum absolute atomic E-state index is 14.1. The summed E-state index contributed by atoms with van der Waals surface area (Å²) in [5.41, 5.74) is 3.17. The molecule has 0 unspecified atom stereocenters. The van der Waals surface area contributed by atoms with Gasteiger partial charge in [-0.15, -0.1) is 0 Å². The number of hydrogen-bond acceptors (Lipinski definition) is 8. The Morgan fingerprint density at radius 3 is 2.54 bits per heavy atom. The fourth-order valence-electron chi connectivity index (χ4n) is 5.76. The molecule has 5 aromatic rings. The van der Waals surface area contributed by atoms with Crippen molar-refractivity contribution in [1.82, 2.24) is 4.57 Å². The van der Waals surface area contributed by atoms with E-state index >= 15 is 0 Å². The van der Waals surface area contributed by atoms with Crippen molar-refractivity contribution in [3.05, 3.63) is 130 Å². The molecule has 0 saturated carbocycles. The number of halogens is 1. The normalized spacial score (nSPS) is 14.6. The number of thiazole rings is 1. The molecule has 0 spiro atoms. The molecule has 0 fully saturated rings. The van der Waals surface area contributed by atoms with E-state index in [0.717, 1.165) is 20.4 Å². The lowest BCUT2D eigenvalue weighted by Crippen LogP contribution is -2.40. The summed E-state index contributed by atoms with van der Waals surface area (Å²) in [4.78, 5) is 32.7. The van der Waals surface area contributed by atoms with Crippen molar-refractivity contribution in [2.24, 2.45) is 4.99 Å². The van der Waals surface area contributed by atoms with Crippen LogP contribution in [-0.4, -0.2) is 30.4 Å². The van der Waals surface area contributed by atoms with Crippen molar-refractivity contribution >= 4 is 56.7 Å². The first-order chi connectivity index (χ1) is 23.2. The van der Waals surface area contributed by atoms with E-state index in [1.54, 1.807) is 37.7 Å². The molecule has 1 atom stereocenters. The van der Waals surface area contributed by atoms with E-state index in [2.05, 4.69) is 46.9 Å². The van der Waals surface area contributed by atoms with Crippen LogP contribution in [0.5, 0.6) is 17.2 Å². The van der Waals surface area contributed by atoms with Gasteiger partial charge in [-0.1, -0.05) is 65.9 Å². The molecule has 2 heterocycles. The first-order valence-corrected chi connectivity index (χ1v) is 17.5. The third kappa shape index (κ3) is 6.77. The summed E-state index contributed by atoms with van der Waals surface area (Å²) >= 11 is 3.54. The fourth-order valence-corrected chi connectivity index (χ4v) is 7.50. The van der Waals surface area contributed by atoms with Crippen LogP contribution in [-0.2, 0) is 16.1 Å². The lowest BCUT2D eigenvalue weighted by atomic mass is 9.95. The molecule has 4 aromatic carbocycles. The Kier molecular flexibility index (Phi) is 10.0. The van der Waals surface area contributed by atoms with Crippen LogP contribution in [0.25, 0.3) is 16.8 Å². The minimum absolute atomic E-state index is 0.0625. The largest absolute Gasteiger partial charge is 0.493 e. The highest BCUT2D eigenvalue weighted by molar-refractivity contribution is 14.1. The maximum Gasteiger partial charge on any atom is 0.338 e. The van der Waals surface area contributed by atoms with Gasteiger partial charge in [0, 0.05) is 0 Å². The molecular weight excluding hydrogens is 739 g/mol. The van der Waals surface area contributed by atoms with E-state index in [4.69, 9.17) is 23.9 Å². The van der Waals surface area contributed by atoms with Crippen LogP contribution >= 0.6 is 33.9 Å². The Morgan fingerprint density at radius 1 is 1.02 bits per heavy atom. The SMILES string of the molecule is CCOC(=O)C1=C(C)N=c2s/c(=C\c3ccc(OCc4cccc5ccccc45)c(I)c3)c(=O)n2[C@H]1c1ccc(OC(C)C)c(OC)c1. The number of allylic oxidation sites excluding steroid dienone is 1. The predicted molar refractivity (Wildman–Crippen MR) is 197 cm³/mol. The van der Waals surface area contributed by atoms with Gasteiger partial charge in [-0.05, 0) is 108 Å². The van der Waals surface area contributed by atoms with Crippen molar-refractivity contribution in [2.45, 2.75) is 46.4 Å². The number of benzene rings is 4. The number of nitrogens with zero attached hydrogens (tertiary/aromatic N) is 2. The zero-order valence-corrected chi connectivity index (χ0v) is 30.3. The van der Waals surface area contributed by atoms with Crippen LogP contribution in [0.2, 0.25) is 0 Å². The summed E-state index contributed by atoms with van der Waals surface area (Å²) in [5, 5.41) is 2.34. The summed E-state index contributed by atoms with van der Waals surface area (Å²) in [6.45, 7) is 8.02. The van der Waals surface area contributed by atoms with Gasteiger partial charge in [-0.2, -0.15) is 0 Å². The molecule has 0 aliphatic carbocycles. The highest BCUT2D eigenvalue weighted by Gasteiger charge is 2.34. The molecule has 0 radical (unpaired) electrons. The van der Waals surface area contributed by atoms with Gasteiger partial charge in [0.05, 0.1) is 45.2 Å². The van der Waals surface area contributed by atoms with Gasteiger partial charge in [-0.25, -0.2) is 9.79 Å². The number of carbonyl (C=O) groups excluding carboxylic acids is 1. The van der Waals surface area contributed by atoms with E-state index in [1.165, 1.54) is 22.1 Å². The summed E-state index contributed by atoms with van der Waals surface area (Å²) in [5.74, 6) is 1.31. The third-order valence-electron chi connectivity index (χ3n) is 7.90. The van der Waals surface area contributed by atoms with Crippen LogP contribution in [0.4, 0.5) is 0 Å². The molecule has 0 amide bonds. The Morgan fingerprint density at radius 2 is 1.79 bits per heavy atom. The Hall–Kier alpha value is -4.42. The minimum Gasteiger partial charge on any atom is -0.493 e. The maximum atomic E-state index is 14.1. The smallest absolute Gasteiger partial charge is 0.338 e. The molecule has 0 bridgehead atoms. The van der Waals surface area contributed by atoms with Gasteiger partial charge in [0.2, 0.25) is 0 Å². The average molecular weight is 775 g/mol. The molecule has 8 nitrogen and oxygen atoms in total. The van der Waals surface area contributed by atoms with Crippen LogP contribution in [0, 0.1) is 3.57 Å². The molecule has 0 saturated heterocycles. The van der Waals surface area contributed by atoms with Gasteiger partial charge in [0.25, 0.3) is 5.56 Å². The number of methoxy groups -OCH3 is 1. The molecule has 0 N–H and O–H groups in total. The van der Waals surface area contributed by atoms with Gasteiger partial charge < -0.3 is 18.9 Å². The Labute approximate surface area is 296 Å². The molecule has 10 heteroatoms. The quantitative estimate of drug-likeness (QED) is 0.113. The van der Waals surface area contributed by atoms with Crippen LogP contribution < -0.4 is 29.1 Å². The molecule has 246 valence electrons. The van der Waals surface area contributed by atoms with E-state index in [1.807, 2.05) is 62.4 Å². The van der Waals surface area contributed by atoms with Crippen molar-refractivity contribution in [2.75, 3.05) is 13.7 Å². The second-order valence-corrected chi connectivity index (χ2v) is 13.7. The van der Waals surface area contributed by atoms with E-state index in [-0.39, 0.29) is 18.3 Å². The van der Waals surface area contributed by atoms with Gasteiger partial charge in [0.15, 0.2) is 16.3 Å². The second-order valence-electron chi connectivity index (χ2n) is 11.5. The van der Waals surface area contributed by atoms with Crippen molar-refractivity contribution in [1.29, 1.82) is 0 Å². The third-order valence-corrected chi connectivity index (χ3v) is 9.73. The number of rotatable bonds is 10. The Balaban J connectivity index is 1.36. The molecule has 1 aliphatic heterocycles. The van der Waals surface area contributed by atoms with Gasteiger partial charge in [0.1, 0.15) is 12.4 Å². The zero-order chi connectivity index (χ0) is 33.9. The van der Waals surface area contributed by atoms with E-state index < -0.39 is 12.0 Å². The standard InChI is InChI=1S/C38H35IN2O6S/c1-6-45-37(43)34-23(4)40-38-41(35(34)26-15-17-31(47-22(2)3)32(20-26)44-5)36(42)33(48-38)19-24-14-16-30(29(39)18-24)46-21-27-12-9-11-25-10-7-8-13-28(25)27/h7-20,22,35H,6,21H2,1-5H3/b33-19-/t35-/m0/s1. The molecular formula is C38H35IN2O6S. The highest BCUT2D eigenvalue weighted by atomic mass is 127. The number of carbonyl (C=O) groups is 1. The first kappa shape index (κ1) is 33.5. The summed E-state index contributed by atoms with van der Waals surface area (Å²) in [7, 11) is 1.56. The lowest BCUT2D eigenvalue weighted by Gasteiger charge is -2.25. The fraction of sp³-hybridized carbons (Fsp3) is 0.237. The minimum atomic E-state index is -0.769. The van der Waals surface area contributed by atoms with Crippen molar-refractivity contribution in [3.63, 3.8) is 0 Å². The summed E-state index contributed by atoms with van der Waals surface area (Å²) < 4.78 is 26.2. The average Bonchev–Trinajstić information content (AvgIpc) is 3.37. The second kappa shape index (κ2) is 14.4. The number of fused-ring (bicyclic) bond motifs is 2. The monoisotopic (exact) mass is 774 g/mol. The molecule has 1 aliphatic rings. The number of aromatic nitrogens is 1. The molecule has 6 rings (SSSR count). The highest BCUT2D eigenvalue weighted by Crippen LogP contribution is 2.36. The van der Waals surface area contributed by atoms with Crippen LogP contribution in [0.1, 0.15) is 50.4 Å². The summed E-state index contributed by atoms with van der Waals surface area (Å²) in [6, 6.07) is 25.0. The topological polar surface area (TPSA) is 88.4 Å². The zero-order valence-electron chi connectivity index (χ0n) is 27.3.